The Morgan fingerprint density at radius 1 is 0.900 bits per heavy atom. The average Bonchev–Trinajstić information content (AvgIpc) is 2.40. The number of hydrogen-bond acceptors (Lipinski definition) is 2. The minimum absolute atomic E-state index is 0.0814. The third kappa shape index (κ3) is 2.65. The molecule has 0 saturated heterocycles. The van der Waals surface area contributed by atoms with Gasteiger partial charge in [-0.2, -0.15) is 0 Å². The highest BCUT2D eigenvalue weighted by Crippen LogP contribution is 2.23. The fourth-order valence-corrected chi connectivity index (χ4v) is 2.39. The minimum atomic E-state index is -1.08. The van der Waals surface area contributed by atoms with E-state index in [4.69, 9.17) is 0 Å². The van der Waals surface area contributed by atoms with Gasteiger partial charge in [-0.1, -0.05) is 28.1 Å². The van der Waals surface area contributed by atoms with Crippen LogP contribution in [0.4, 0.5) is 0 Å². The molecule has 0 spiro atoms. The molecule has 0 amide bonds. The number of carbonyl (C=O) groups excluding carboxylic acids is 1. The third-order valence-electron chi connectivity index (χ3n) is 3.17. The highest BCUT2D eigenvalue weighted by Gasteiger charge is 2.22. The van der Waals surface area contributed by atoms with E-state index in [-0.39, 0.29) is 16.9 Å². The van der Waals surface area contributed by atoms with Crippen molar-refractivity contribution in [3.8, 4) is 0 Å². The molecule has 1 N–H and O–H groups in total. The molecule has 2 aromatic rings. The van der Waals surface area contributed by atoms with Gasteiger partial charge in [0.2, 0.25) is 0 Å². The molecule has 0 aromatic heterocycles. The van der Waals surface area contributed by atoms with Crippen molar-refractivity contribution in [3.05, 3.63) is 68.7 Å². The predicted molar refractivity (Wildman–Crippen MR) is 80.4 cm³/mol. The molecule has 2 rings (SSSR count). The van der Waals surface area contributed by atoms with Crippen LogP contribution in [0.3, 0.4) is 0 Å². The lowest BCUT2D eigenvalue weighted by atomic mass is 9.91. The first-order chi connectivity index (χ1) is 9.41. The van der Waals surface area contributed by atoms with E-state index < -0.39 is 5.97 Å². The minimum Gasteiger partial charge on any atom is -0.478 e. The van der Waals surface area contributed by atoms with Crippen LogP contribution in [0.15, 0.2) is 40.9 Å². The highest BCUT2D eigenvalue weighted by atomic mass is 79.9. The van der Waals surface area contributed by atoms with E-state index in [1.54, 1.807) is 50.2 Å². The molecule has 4 heteroatoms. The Hall–Kier alpha value is -1.94. The van der Waals surface area contributed by atoms with Crippen molar-refractivity contribution >= 4 is 27.7 Å². The fourth-order valence-electron chi connectivity index (χ4n) is 2.12. The molecule has 3 nitrogen and oxygen atoms in total. The van der Waals surface area contributed by atoms with Crippen molar-refractivity contribution in [2.45, 2.75) is 13.8 Å². The van der Waals surface area contributed by atoms with Gasteiger partial charge in [0.1, 0.15) is 0 Å². The van der Waals surface area contributed by atoms with Crippen LogP contribution in [-0.2, 0) is 0 Å². The van der Waals surface area contributed by atoms with Crippen LogP contribution in [0.5, 0.6) is 0 Å². The van der Waals surface area contributed by atoms with Crippen molar-refractivity contribution in [1.82, 2.24) is 0 Å². The number of ketones is 1. The van der Waals surface area contributed by atoms with E-state index in [0.29, 0.717) is 16.7 Å². The van der Waals surface area contributed by atoms with Crippen molar-refractivity contribution < 1.29 is 14.7 Å². The highest BCUT2D eigenvalue weighted by molar-refractivity contribution is 9.10. The Morgan fingerprint density at radius 2 is 1.40 bits per heavy atom. The number of aromatic carboxylic acids is 1. The van der Waals surface area contributed by atoms with Gasteiger partial charge in [-0.25, -0.2) is 4.79 Å². The van der Waals surface area contributed by atoms with E-state index in [0.717, 1.165) is 4.47 Å². The first-order valence-electron chi connectivity index (χ1n) is 6.05. The van der Waals surface area contributed by atoms with Gasteiger partial charge in [-0.05, 0) is 49.2 Å². The summed E-state index contributed by atoms with van der Waals surface area (Å²) in [7, 11) is 0. The number of carboxylic acids is 1. The first kappa shape index (κ1) is 14.5. The molecular weight excluding hydrogens is 320 g/mol. The van der Waals surface area contributed by atoms with Crippen LogP contribution in [-0.4, -0.2) is 16.9 Å². The second-order valence-corrected chi connectivity index (χ2v) is 5.51. The topological polar surface area (TPSA) is 54.4 Å². The van der Waals surface area contributed by atoms with E-state index in [1.807, 2.05) is 0 Å². The lowest BCUT2D eigenvalue weighted by Gasteiger charge is -2.11. The molecule has 0 atom stereocenters. The van der Waals surface area contributed by atoms with Crippen LogP contribution in [0, 0.1) is 13.8 Å². The summed E-state index contributed by atoms with van der Waals surface area (Å²) in [6.07, 6.45) is 0. The summed E-state index contributed by atoms with van der Waals surface area (Å²) in [5.74, 6) is -1.34. The molecule has 0 heterocycles. The van der Waals surface area contributed by atoms with Gasteiger partial charge in [0.05, 0.1) is 5.56 Å². The number of hydrogen-bond donors (Lipinski definition) is 1. The molecule has 0 aliphatic carbocycles. The Labute approximate surface area is 125 Å². The number of benzene rings is 2. The van der Waals surface area contributed by atoms with Crippen LogP contribution >= 0.6 is 15.9 Å². The van der Waals surface area contributed by atoms with Gasteiger partial charge in [-0.3, -0.25) is 4.79 Å². The van der Waals surface area contributed by atoms with Crippen LogP contribution in [0.25, 0.3) is 0 Å². The molecule has 0 aliphatic rings. The molecule has 0 unspecified atom stereocenters. The number of halogens is 1. The van der Waals surface area contributed by atoms with Crippen LogP contribution in [0.1, 0.15) is 37.4 Å². The SMILES string of the molecule is Cc1ccc(C)c(C(=O)c2ccc(Br)cc2)c1C(=O)O. The van der Waals surface area contributed by atoms with Crippen molar-refractivity contribution in [2.75, 3.05) is 0 Å². The van der Waals surface area contributed by atoms with Gasteiger partial charge < -0.3 is 5.11 Å². The van der Waals surface area contributed by atoms with E-state index in [9.17, 15) is 14.7 Å². The largest absolute Gasteiger partial charge is 0.478 e. The van der Waals surface area contributed by atoms with Gasteiger partial charge >= 0.3 is 5.97 Å². The van der Waals surface area contributed by atoms with Crippen molar-refractivity contribution in [2.24, 2.45) is 0 Å². The number of rotatable bonds is 3. The second-order valence-electron chi connectivity index (χ2n) is 4.59. The maximum absolute atomic E-state index is 12.6. The molecular formula is C16H13BrO3. The van der Waals surface area contributed by atoms with Gasteiger partial charge in [0.25, 0.3) is 0 Å². The van der Waals surface area contributed by atoms with Crippen molar-refractivity contribution in [1.29, 1.82) is 0 Å². The average molecular weight is 333 g/mol. The lowest BCUT2D eigenvalue weighted by Crippen LogP contribution is -2.13. The Kier molecular flexibility index (Phi) is 4.04. The Bertz CT molecular complexity index is 688. The summed E-state index contributed by atoms with van der Waals surface area (Å²) in [6.45, 7) is 3.44. The lowest BCUT2D eigenvalue weighted by molar-refractivity contribution is 0.0692. The summed E-state index contributed by atoms with van der Waals surface area (Å²) < 4.78 is 0.869. The van der Waals surface area contributed by atoms with Crippen LogP contribution < -0.4 is 0 Å². The maximum atomic E-state index is 12.6. The molecule has 102 valence electrons. The molecule has 0 aliphatic heterocycles. The smallest absolute Gasteiger partial charge is 0.336 e. The summed E-state index contributed by atoms with van der Waals surface area (Å²) in [4.78, 5) is 24.0. The van der Waals surface area contributed by atoms with Gasteiger partial charge in [0, 0.05) is 15.6 Å². The number of aryl methyl sites for hydroxylation is 2. The zero-order valence-electron chi connectivity index (χ0n) is 11.1. The van der Waals surface area contributed by atoms with Gasteiger partial charge in [0.15, 0.2) is 5.78 Å². The summed E-state index contributed by atoms with van der Waals surface area (Å²) in [5, 5.41) is 9.35. The molecule has 20 heavy (non-hydrogen) atoms. The zero-order chi connectivity index (χ0) is 14.9. The molecule has 0 saturated carbocycles. The fraction of sp³-hybridized carbons (Fsp3) is 0.125. The quantitative estimate of drug-likeness (QED) is 0.864. The summed E-state index contributed by atoms with van der Waals surface area (Å²) >= 11 is 3.31. The van der Waals surface area contributed by atoms with E-state index >= 15 is 0 Å². The third-order valence-corrected chi connectivity index (χ3v) is 3.70. The Morgan fingerprint density at radius 3 is 1.90 bits per heavy atom. The number of carbonyl (C=O) groups is 2. The molecule has 0 bridgehead atoms. The van der Waals surface area contributed by atoms with Gasteiger partial charge in [-0.15, -0.1) is 0 Å². The summed E-state index contributed by atoms with van der Waals surface area (Å²) in [6, 6.07) is 10.4. The second kappa shape index (κ2) is 5.59. The van der Waals surface area contributed by atoms with Crippen LogP contribution in [0.2, 0.25) is 0 Å². The standard InChI is InChI=1S/C16H13BrO3/c1-9-3-4-10(2)14(16(19)20)13(9)15(18)11-5-7-12(17)8-6-11/h3-8H,1-2H3,(H,19,20). The zero-order valence-corrected chi connectivity index (χ0v) is 12.7. The first-order valence-corrected chi connectivity index (χ1v) is 6.85. The molecule has 0 radical (unpaired) electrons. The normalized spacial score (nSPS) is 10.3. The van der Waals surface area contributed by atoms with Crippen molar-refractivity contribution in [3.63, 3.8) is 0 Å². The molecule has 2 aromatic carbocycles. The summed E-state index contributed by atoms with van der Waals surface area (Å²) in [5.41, 5.74) is 2.08. The Balaban J connectivity index is 2.63. The van der Waals surface area contributed by atoms with E-state index in [1.165, 1.54) is 0 Å². The maximum Gasteiger partial charge on any atom is 0.336 e. The molecule has 0 fully saturated rings. The predicted octanol–water partition coefficient (Wildman–Crippen LogP) is 4.00. The monoisotopic (exact) mass is 332 g/mol. The van der Waals surface area contributed by atoms with E-state index in [2.05, 4.69) is 15.9 Å². The number of carboxylic acid groups (broad SMARTS) is 1.